The summed E-state index contributed by atoms with van der Waals surface area (Å²) in [5, 5.41) is 10.4. The van der Waals surface area contributed by atoms with Crippen molar-refractivity contribution in [3.8, 4) is 22.3 Å². The highest BCUT2D eigenvalue weighted by molar-refractivity contribution is 7.91. The van der Waals surface area contributed by atoms with Gasteiger partial charge in [0.15, 0.2) is 0 Å². The van der Waals surface area contributed by atoms with Crippen LogP contribution >= 0.6 is 0 Å². The monoisotopic (exact) mass is 1570 g/mol. The SMILES string of the molecule is CO[C@@]12C[C@@H](C(=O)N[C@]3(C(=O)NS(=O)(=O)C4CC4)C[C@H]3C3CC3)N(C1)C(=O)[C@H](C(C)(C)C)NC(=O)OCC(C)(C)CCCCc1cc(N(C)C)ccc1-c1ccc2cc1.CO[C@@]12C[C@@H](C(=O)N[C@]3(C(=O)NS(=O)(=O)C4CC4)C[C@H]3C3CC3)N(C1)C(=O)[C@H](C(C)(C)C)NC(=O)OCCCCc1cccc(c1)-c1cccc2c1. The van der Waals surface area contributed by atoms with Crippen molar-refractivity contribution in [3.63, 3.8) is 0 Å². The number of hydrogen-bond acceptors (Lipinski definition) is 17. The van der Waals surface area contributed by atoms with Gasteiger partial charge in [-0.05, 0) is 205 Å². The molecule has 5 heterocycles. The second-order valence-corrected chi connectivity index (χ2v) is 40.3. The number of nitrogens with zero attached hydrogens (tertiary/aromatic N) is 3. The van der Waals surface area contributed by atoms with Crippen LogP contribution in [-0.2, 0) is 91.8 Å². The molecule has 15 rings (SSSR count). The van der Waals surface area contributed by atoms with Crippen molar-refractivity contribution in [2.75, 3.05) is 59.5 Å². The molecule has 0 aromatic heterocycles. The van der Waals surface area contributed by atoms with Crippen molar-refractivity contribution in [1.29, 1.82) is 0 Å². The zero-order valence-corrected chi connectivity index (χ0v) is 68.0. The first-order chi connectivity index (χ1) is 52.3. The van der Waals surface area contributed by atoms with Crippen LogP contribution in [0.3, 0.4) is 0 Å². The van der Waals surface area contributed by atoms with E-state index in [1.54, 1.807) is 14.2 Å². The average molecular weight is 1570 g/mol. The molecule has 602 valence electrons. The van der Waals surface area contributed by atoms with E-state index < -0.39 is 135 Å². The van der Waals surface area contributed by atoms with Crippen molar-refractivity contribution in [1.82, 2.24) is 40.5 Å². The van der Waals surface area contributed by atoms with Crippen molar-refractivity contribution in [2.24, 2.45) is 39.9 Å². The summed E-state index contributed by atoms with van der Waals surface area (Å²) in [6, 6.07) is 26.5. The Morgan fingerprint density at radius 3 is 1.52 bits per heavy atom. The summed E-state index contributed by atoms with van der Waals surface area (Å²) in [4.78, 5) is 118. The lowest BCUT2D eigenvalue weighted by molar-refractivity contribution is -0.143. The number of rotatable bonds is 15. The summed E-state index contributed by atoms with van der Waals surface area (Å²) in [6.07, 6.45) is 10.7. The van der Waals surface area contributed by atoms with Crippen LogP contribution in [-0.4, -0.2) is 175 Å². The van der Waals surface area contributed by atoms with Crippen LogP contribution in [0.1, 0.15) is 187 Å². The number of carbonyl (C=O) groups excluding carboxylic acids is 8. The zero-order chi connectivity index (χ0) is 79.8. The van der Waals surface area contributed by atoms with Crippen LogP contribution in [0.5, 0.6) is 0 Å². The van der Waals surface area contributed by atoms with Gasteiger partial charge in [0.05, 0.1) is 36.8 Å². The van der Waals surface area contributed by atoms with E-state index >= 15 is 0 Å². The van der Waals surface area contributed by atoms with Crippen LogP contribution in [0.4, 0.5) is 15.3 Å². The Balaban J connectivity index is 0.000000196. The number of ether oxygens (including phenoxy) is 4. The quantitative estimate of drug-likeness (QED) is 0.0644. The van der Waals surface area contributed by atoms with Crippen molar-refractivity contribution in [3.05, 3.63) is 113 Å². The fraction of sp³-hybridized carbons (Fsp3) is 0.619. The van der Waals surface area contributed by atoms with E-state index in [0.29, 0.717) is 44.9 Å². The van der Waals surface area contributed by atoms with Gasteiger partial charge in [-0.3, -0.25) is 38.2 Å². The maximum Gasteiger partial charge on any atom is 0.407 e. The van der Waals surface area contributed by atoms with Gasteiger partial charge in [0.1, 0.15) is 46.4 Å². The molecule has 6 saturated carbocycles. The number of carbonyl (C=O) groups is 8. The van der Waals surface area contributed by atoms with Crippen molar-refractivity contribution < 1.29 is 74.1 Å². The first-order valence-corrected chi connectivity index (χ1v) is 42.9. The van der Waals surface area contributed by atoms with Gasteiger partial charge in [-0.15, -0.1) is 0 Å². The molecule has 10 bridgehead atoms. The highest BCUT2D eigenvalue weighted by atomic mass is 32.2. The molecule has 5 aliphatic heterocycles. The zero-order valence-electron chi connectivity index (χ0n) is 66.4. The Morgan fingerprint density at radius 1 is 0.550 bits per heavy atom. The summed E-state index contributed by atoms with van der Waals surface area (Å²) in [7, 11) is -0.546. The average Bonchev–Trinajstić information content (AvgIpc) is 1.55. The molecule has 10 atom stereocenters. The van der Waals surface area contributed by atoms with Gasteiger partial charge in [-0.1, -0.05) is 135 Å². The number of benzene rings is 4. The maximum absolute atomic E-state index is 15.0. The Kier molecular flexibility index (Phi) is 22.3. The smallest absolute Gasteiger partial charge is 0.407 e. The first-order valence-electron chi connectivity index (χ1n) is 39.8. The minimum Gasteiger partial charge on any atom is -0.450 e. The fourth-order valence-electron chi connectivity index (χ4n) is 17.2. The predicted molar refractivity (Wildman–Crippen MR) is 419 cm³/mol. The minimum absolute atomic E-state index is 0.00543. The van der Waals surface area contributed by atoms with E-state index in [-0.39, 0.29) is 68.2 Å². The Morgan fingerprint density at radius 2 is 1.04 bits per heavy atom. The van der Waals surface area contributed by atoms with Gasteiger partial charge in [-0.25, -0.2) is 26.4 Å². The molecule has 4 aromatic carbocycles. The van der Waals surface area contributed by atoms with Crippen LogP contribution in [0.25, 0.3) is 22.3 Å². The number of sulfonamides is 2. The van der Waals surface area contributed by atoms with Gasteiger partial charge in [-0.2, -0.15) is 0 Å². The minimum atomic E-state index is -3.87. The lowest BCUT2D eigenvalue weighted by Crippen LogP contribution is -2.60. The van der Waals surface area contributed by atoms with Gasteiger partial charge in [0.25, 0.3) is 11.8 Å². The normalized spacial score (nSPS) is 29.2. The first kappa shape index (κ1) is 80.9. The number of fused-ring (bicyclic) bond motifs is 20. The molecule has 0 spiro atoms. The van der Waals surface area contributed by atoms with Crippen LogP contribution in [0.15, 0.2) is 91.0 Å². The summed E-state index contributed by atoms with van der Waals surface area (Å²) >= 11 is 0. The summed E-state index contributed by atoms with van der Waals surface area (Å²) in [5.74, 6) is -3.55. The molecule has 6 N–H and O–H groups in total. The highest BCUT2D eigenvalue weighted by Gasteiger charge is 2.69. The maximum atomic E-state index is 15.0. The Labute approximate surface area is 653 Å². The third-order valence-electron chi connectivity index (χ3n) is 24.9. The molecule has 27 heteroatoms. The topological polar surface area (TPSA) is 324 Å². The molecule has 8 fully saturated rings. The lowest BCUT2D eigenvalue weighted by Gasteiger charge is -2.36. The second-order valence-electron chi connectivity index (χ2n) is 36.4. The predicted octanol–water partition coefficient (Wildman–Crippen LogP) is 9.82. The number of amides is 8. The number of hydrogen-bond donors (Lipinski definition) is 6. The van der Waals surface area contributed by atoms with Gasteiger partial charge < -0.3 is 54.9 Å². The molecule has 25 nitrogen and oxygen atoms in total. The van der Waals surface area contributed by atoms with Crippen LogP contribution in [0, 0.1) is 39.9 Å². The van der Waals surface area contributed by atoms with E-state index in [9.17, 15) is 55.2 Å². The van der Waals surface area contributed by atoms with E-state index in [2.05, 4.69) is 91.9 Å². The van der Waals surface area contributed by atoms with Gasteiger partial charge >= 0.3 is 12.2 Å². The number of alkyl carbamates (subject to hydrolysis) is 2. The number of aryl methyl sites for hydroxylation is 2. The Hall–Kier alpha value is -8.14. The van der Waals surface area contributed by atoms with Gasteiger partial charge in [0.2, 0.25) is 43.7 Å². The molecule has 0 unspecified atom stereocenters. The Bertz CT molecular complexity index is 4500. The number of cyclic esters (lactones) is 1. The lowest BCUT2D eigenvalue weighted by atomic mass is 9.85. The second kappa shape index (κ2) is 30.7. The molecule has 0 radical (unpaired) electrons. The molecule has 6 aliphatic carbocycles. The van der Waals surface area contributed by atoms with E-state index in [1.807, 2.05) is 104 Å². The van der Waals surface area contributed by atoms with E-state index in [0.717, 1.165) is 109 Å². The molecule has 4 aromatic rings. The van der Waals surface area contributed by atoms with E-state index in [1.165, 1.54) is 15.4 Å². The third-order valence-corrected chi connectivity index (χ3v) is 28.5. The number of nitrogens with one attached hydrogen (secondary N) is 6. The third kappa shape index (κ3) is 17.5. The summed E-state index contributed by atoms with van der Waals surface area (Å²) in [5.41, 5.74) is 2.23. The molecule has 11 aliphatic rings. The fourth-order valence-corrected chi connectivity index (χ4v) is 19.9. The molecular weight excluding hydrogens is 1460 g/mol. The van der Waals surface area contributed by atoms with E-state index in [4.69, 9.17) is 18.9 Å². The molecule has 111 heavy (non-hydrogen) atoms. The van der Waals surface area contributed by atoms with Crippen molar-refractivity contribution in [2.45, 2.75) is 234 Å². The van der Waals surface area contributed by atoms with Crippen LogP contribution in [0.2, 0.25) is 0 Å². The number of anilines is 1. The molecule has 2 saturated heterocycles. The molecule has 8 amide bonds. The highest BCUT2D eigenvalue weighted by Crippen LogP contribution is 2.59. The standard InChI is InChI=1S/C45H63N5O8S.C39H50N4O8S/c1-42(2,3)37-39(52)50-26-44(57-8,25-36(50)38(51)47-45(24-35(45)29-12-13-29)40(53)48-59(55,56)33-19-20-33)31-16-14-28(15-17-31)34-21-18-32(49(6)7)23-30(34)11-9-10-22-43(4,5)27-58-41(54)46-37;1-37(2,3)32-34(45)43-23-38(50-4,28-13-8-12-27(20-28)26-11-7-10-24(19-26)9-5-6-18-51-36(47)40-32)22-31(43)33(44)41-39(21-30(39)25-14-15-25)35(46)42-52(48,49)29-16-17-29/h14-18,21,23,29,33,35-37H,9-13,19-20,22,24-27H2,1-8H3,(H,46,54)(H,47,51)(H,48,53);7-8,10-13,19-20,25,29-32H,5-6,9,14-18,21-23H2,1-4H3,(H,40,47)(H,41,44)(H,42,46)/t35-,36-,37+,44-,45+;30-,31-,32+,38-,39+/m00/s1. The van der Waals surface area contributed by atoms with Gasteiger partial charge in [0, 0.05) is 46.8 Å². The summed E-state index contributed by atoms with van der Waals surface area (Å²) < 4.78 is 80.1. The van der Waals surface area contributed by atoms with Crippen LogP contribution < -0.4 is 35.6 Å². The number of methoxy groups -OCH3 is 2. The summed E-state index contributed by atoms with van der Waals surface area (Å²) in [6.45, 7) is 15.5. The molecular formula is C84H113N9O16S2. The van der Waals surface area contributed by atoms with Crippen molar-refractivity contribution >= 4 is 73.4 Å². The largest absolute Gasteiger partial charge is 0.450 e.